The fourth-order valence-corrected chi connectivity index (χ4v) is 3.22. The van der Waals surface area contributed by atoms with Crippen LogP contribution in [0.5, 0.6) is 0 Å². The van der Waals surface area contributed by atoms with E-state index in [0.29, 0.717) is 31.0 Å². The lowest BCUT2D eigenvalue weighted by molar-refractivity contribution is -0.135. The van der Waals surface area contributed by atoms with Crippen LogP contribution in [0.2, 0.25) is 0 Å². The number of hydrogen-bond acceptors (Lipinski definition) is 5. The van der Waals surface area contributed by atoms with Crippen molar-refractivity contribution in [3.63, 3.8) is 0 Å². The van der Waals surface area contributed by atoms with Crippen LogP contribution in [0.1, 0.15) is 18.5 Å². The molecule has 8 nitrogen and oxygen atoms in total. The molecule has 27 heavy (non-hydrogen) atoms. The smallest absolute Gasteiger partial charge is 0.267 e. The number of rotatable bonds is 4. The molecule has 1 aliphatic heterocycles. The number of hydrogen-bond donors (Lipinski definition) is 1. The molecule has 3 heterocycles. The van der Waals surface area contributed by atoms with Crippen LogP contribution in [0.3, 0.4) is 0 Å². The summed E-state index contributed by atoms with van der Waals surface area (Å²) in [5.41, 5.74) is 0.349. The molecule has 1 atom stereocenters. The van der Waals surface area contributed by atoms with Crippen LogP contribution in [-0.4, -0.2) is 44.6 Å². The number of amides is 2. The molecule has 1 unspecified atom stereocenters. The van der Waals surface area contributed by atoms with E-state index in [2.05, 4.69) is 31.3 Å². The number of halogens is 1. The van der Waals surface area contributed by atoms with Crippen LogP contribution in [0.15, 0.2) is 39.7 Å². The van der Waals surface area contributed by atoms with Gasteiger partial charge in [0.05, 0.1) is 11.6 Å². The van der Waals surface area contributed by atoms with E-state index in [4.69, 9.17) is 0 Å². The van der Waals surface area contributed by atoms with Gasteiger partial charge in [0.2, 0.25) is 11.8 Å². The van der Waals surface area contributed by atoms with E-state index in [-0.39, 0.29) is 29.8 Å². The van der Waals surface area contributed by atoms with Crippen molar-refractivity contribution in [3.8, 4) is 0 Å². The third-order valence-electron chi connectivity index (χ3n) is 4.41. The molecular weight excluding hydrogens is 414 g/mol. The number of carbonyl (C=O) groups is 2. The van der Waals surface area contributed by atoms with Gasteiger partial charge >= 0.3 is 0 Å². The van der Waals surface area contributed by atoms with Crippen LogP contribution in [-0.2, 0) is 16.1 Å². The number of nitrogens with one attached hydrogen (secondary N) is 1. The van der Waals surface area contributed by atoms with E-state index in [9.17, 15) is 14.4 Å². The van der Waals surface area contributed by atoms with Crippen molar-refractivity contribution >= 4 is 33.6 Å². The fraction of sp³-hybridized carbons (Fsp3) is 0.389. The van der Waals surface area contributed by atoms with Crippen molar-refractivity contribution in [2.75, 3.05) is 18.4 Å². The minimum Gasteiger partial charge on any atom is -0.340 e. The Kier molecular flexibility index (Phi) is 6.00. The summed E-state index contributed by atoms with van der Waals surface area (Å²) < 4.78 is 1.99. The molecule has 0 radical (unpaired) electrons. The van der Waals surface area contributed by atoms with Crippen LogP contribution in [0.25, 0.3) is 0 Å². The Morgan fingerprint density at radius 2 is 2.11 bits per heavy atom. The molecule has 3 rings (SSSR count). The van der Waals surface area contributed by atoms with Gasteiger partial charge in [0.25, 0.3) is 5.56 Å². The highest BCUT2D eigenvalue weighted by atomic mass is 79.9. The van der Waals surface area contributed by atoms with E-state index in [1.165, 1.54) is 6.07 Å². The van der Waals surface area contributed by atoms with E-state index in [0.717, 1.165) is 15.6 Å². The Hall–Kier alpha value is -2.55. The van der Waals surface area contributed by atoms with Gasteiger partial charge in [0.1, 0.15) is 12.4 Å². The van der Waals surface area contributed by atoms with Gasteiger partial charge in [0, 0.05) is 29.8 Å². The standard InChI is InChI=1S/C18H20BrN5O3/c1-12-4-7-16(25)24(22-12)11-17(26)23-8-2-3-13(10-23)18(27)21-15-6-5-14(19)9-20-15/h4-7,9,13H,2-3,8,10-11H2,1H3,(H,20,21,27). The summed E-state index contributed by atoms with van der Waals surface area (Å²) in [4.78, 5) is 42.7. The lowest BCUT2D eigenvalue weighted by Crippen LogP contribution is -2.46. The van der Waals surface area contributed by atoms with E-state index in [1.54, 1.807) is 36.2 Å². The van der Waals surface area contributed by atoms with Crippen LogP contribution in [0, 0.1) is 12.8 Å². The van der Waals surface area contributed by atoms with Crippen LogP contribution >= 0.6 is 15.9 Å². The first-order chi connectivity index (χ1) is 12.9. The summed E-state index contributed by atoms with van der Waals surface area (Å²) in [7, 11) is 0. The maximum Gasteiger partial charge on any atom is 0.267 e. The molecule has 9 heteroatoms. The van der Waals surface area contributed by atoms with Gasteiger partial charge in [-0.15, -0.1) is 0 Å². The second-order valence-corrected chi connectivity index (χ2v) is 7.42. The minimum absolute atomic E-state index is 0.122. The number of aryl methyl sites for hydroxylation is 1. The lowest BCUT2D eigenvalue weighted by Gasteiger charge is -2.32. The summed E-state index contributed by atoms with van der Waals surface area (Å²) in [5.74, 6) is -0.208. The number of nitrogens with zero attached hydrogens (tertiary/aromatic N) is 4. The van der Waals surface area contributed by atoms with Crippen molar-refractivity contribution in [1.82, 2.24) is 19.7 Å². The number of aromatic nitrogens is 3. The molecule has 142 valence electrons. The van der Waals surface area contributed by atoms with Gasteiger partial charge in [-0.2, -0.15) is 5.10 Å². The normalized spacial score (nSPS) is 16.8. The van der Waals surface area contributed by atoms with Crippen molar-refractivity contribution < 1.29 is 9.59 Å². The molecule has 0 aliphatic carbocycles. The summed E-state index contributed by atoms with van der Waals surface area (Å²) in [5, 5.41) is 6.88. The molecular formula is C18H20BrN5O3. The highest BCUT2D eigenvalue weighted by molar-refractivity contribution is 9.10. The quantitative estimate of drug-likeness (QED) is 0.789. The monoisotopic (exact) mass is 433 g/mol. The molecule has 2 aromatic heterocycles. The van der Waals surface area contributed by atoms with Gasteiger partial charge in [-0.1, -0.05) is 0 Å². The first-order valence-corrected chi connectivity index (χ1v) is 9.46. The van der Waals surface area contributed by atoms with Gasteiger partial charge in [-0.3, -0.25) is 14.4 Å². The molecule has 1 fully saturated rings. The van der Waals surface area contributed by atoms with Gasteiger partial charge in [-0.25, -0.2) is 9.67 Å². The molecule has 0 bridgehead atoms. The van der Waals surface area contributed by atoms with E-state index >= 15 is 0 Å². The maximum absolute atomic E-state index is 12.6. The molecule has 2 aromatic rings. The molecule has 1 N–H and O–H groups in total. The number of pyridine rings is 1. The predicted octanol–water partition coefficient (Wildman–Crippen LogP) is 1.59. The number of carbonyl (C=O) groups excluding carboxylic acids is 2. The summed E-state index contributed by atoms with van der Waals surface area (Å²) in [6.07, 6.45) is 3.04. The average molecular weight is 434 g/mol. The van der Waals surface area contributed by atoms with Crippen molar-refractivity contribution in [1.29, 1.82) is 0 Å². The second kappa shape index (κ2) is 8.43. The Morgan fingerprint density at radius 1 is 1.30 bits per heavy atom. The van der Waals surface area contributed by atoms with Gasteiger partial charge < -0.3 is 10.2 Å². The molecule has 2 amide bonds. The number of likely N-dealkylation sites (tertiary alicyclic amines) is 1. The molecule has 1 saturated heterocycles. The Labute approximate surface area is 164 Å². The minimum atomic E-state index is -0.318. The highest BCUT2D eigenvalue weighted by Gasteiger charge is 2.29. The molecule has 0 spiro atoms. The zero-order valence-electron chi connectivity index (χ0n) is 14.9. The van der Waals surface area contributed by atoms with Crippen molar-refractivity contribution in [2.24, 2.45) is 5.92 Å². The first kappa shape index (κ1) is 19.2. The Bertz CT molecular complexity index is 897. The van der Waals surface area contributed by atoms with E-state index in [1.807, 2.05) is 0 Å². The third-order valence-corrected chi connectivity index (χ3v) is 4.88. The fourth-order valence-electron chi connectivity index (χ4n) is 2.99. The van der Waals surface area contributed by atoms with Gasteiger partial charge in [-0.05, 0) is 53.9 Å². The van der Waals surface area contributed by atoms with Crippen LogP contribution < -0.4 is 10.9 Å². The molecule has 0 saturated carbocycles. The summed E-state index contributed by atoms with van der Waals surface area (Å²) in [6.45, 7) is 2.53. The topological polar surface area (TPSA) is 97.2 Å². The van der Waals surface area contributed by atoms with Crippen molar-refractivity contribution in [2.45, 2.75) is 26.3 Å². The molecule has 0 aromatic carbocycles. The highest BCUT2D eigenvalue weighted by Crippen LogP contribution is 2.19. The van der Waals surface area contributed by atoms with Gasteiger partial charge in [0.15, 0.2) is 0 Å². The molecule has 1 aliphatic rings. The third kappa shape index (κ3) is 5.00. The zero-order valence-corrected chi connectivity index (χ0v) is 16.5. The predicted molar refractivity (Wildman–Crippen MR) is 103 cm³/mol. The Balaban J connectivity index is 1.62. The number of anilines is 1. The maximum atomic E-state index is 12.6. The van der Waals surface area contributed by atoms with Crippen molar-refractivity contribution in [3.05, 3.63) is 51.0 Å². The van der Waals surface area contributed by atoms with Crippen LogP contribution in [0.4, 0.5) is 5.82 Å². The first-order valence-electron chi connectivity index (χ1n) is 8.67. The summed E-state index contributed by atoms with van der Waals surface area (Å²) >= 11 is 3.30. The largest absolute Gasteiger partial charge is 0.340 e. The second-order valence-electron chi connectivity index (χ2n) is 6.50. The lowest BCUT2D eigenvalue weighted by atomic mass is 9.97. The SMILES string of the molecule is Cc1ccc(=O)n(CC(=O)N2CCCC(C(=O)Nc3ccc(Br)cn3)C2)n1. The average Bonchev–Trinajstić information content (AvgIpc) is 2.66. The Morgan fingerprint density at radius 3 is 2.85 bits per heavy atom. The van der Waals surface area contributed by atoms with E-state index < -0.39 is 0 Å². The zero-order chi connectivity index (χ0) is 19.4. The summed E-state index contributed by atoms with van der Waals surface area (Å²) in [6, 6.07) is 6.52. The number of piperidine rings is 1.